The number of nitrogens with one attached hydrogen (secondary N) is 3. The first kappa shape index (κ1) is 16.6. The summed E-state index contributed by atoms with van der Waals surface area (Å²) in [6, 6.07) is 7.40. The summed E-state index contributed by atoms with van der Waals surface area (Å²) in [6.07, 6.45) is 2.01. The van der Waals surface area contributed by atoms with Crippen molar-refractivity contribution in [1.82, 2.24) is 16.2 Å². The van der Waals surface area contributed by atoms with E-state index < -0.39 is 11.8 Å². The Morgan fingerprint density at radius 1 is 1.09 bits per heavy atom. The maximum atomic E-state index is 11.6. The van der Waals surface area contributed by atoms with Gasteiger partial charge in [-0.3, -0.25) is 25.2 Å². The molecular weight excluding hydrogens is 326 g/mol. The fraction of sp³-hybridized carbons (Fsp3) is 0.357. The van der Waals surface area contributed by atoms with E-state index in [1.54, 1.807) is 12.1 Å². The van der Waals surface area contributed by atoms with E-state index in [0.29, 0.717) is 10.8 Å². The van der Waals surface area contributed by atoms with Gasteiger partial charge in [-0.15, -0.1) is 11.8 Å². The summed E-state index contributed by atoms with van der Waals surface area (Å²) in [4.78, 5) is 35.3. The van der Waals surface area contributed by atoms with Crippen molar-refractivity contribution < 1.29 is 14.4 Å². The van der Waals surface area contributed by atoms with E-state index in [0.717, 1.165) is 17.7 Å². The molecule has 118 valence electrons. The molecule has 3 N–H and O–H groups in total. The number of thioether (sulfide) groups is 1. The molecule has 1 aliphatic rings. The van der Waals surface area contributed by atoms with Crippen LogP contribution in [-0.2, 0) is 14.4 Å². The number of benzene rings is 1. The lowest BCUT2D eigenvalue weighted by molar-refractivity contribution is -0.140. The molecule has 8 heteroatoms. The van der Waals surface area contributed by atoms with Crippen LogP contribution in [0.5, 0.6) is 0 Å². The standard InChI is InChI=1S/C14H16ClN3O3S/c15-9-1-5-11(6-2-9)22-8-7-12(19)17-18-14(21)13(20)16-10-3-4-10/h1-2,5-6,10H,3-4,7-8H2,(H,16,20)(H,17,19)(H,18,21). The second-order valence-corrected chi connectivity index (χ2v) is 6.41. The van der Waals surface area contributed by atoms with E-state index >= 15 is 0 Å². The lowest BCUT2D eigenvalue weighted by atomic mass is 10.4. The van der Waals surface area contributed by atoms with Gasteiger partial charge in [-0.1, -0.05) is 11.6 Å². The Bertz CT molecular complexity index is 561. The third kappa shape index (κ3) is 5.95. The minimum Gasteiger partial charge on any atom is -0.345 e. The number of hydrogen-bond acceptors (Lipinski definition) is 4. The quantitative estimate of drug-likeness (QED) is 0.427. The highest BCUT2D eigenvalue weighted by molar-refractivity contribution is 7.99. The van der Waals surface area contributed by atoms with Gasteiger partial charge in [0, 0.05) is 28.1 Å². The zero-order valence-corrected chi connectivity index (χ0v) is 13.3. The maximum Gasteiger partial charge on any atom is 0.327 e. The van der Waals surface area contributed by atoms with Crippen LogP contribution < -0.4 is 16.2 Å². The minimum absolute atomic E-state index is 0.102. The largest absolute Gasteiger partial charge is 0.345 e. The molecule has 1 fully saturated rings. The van der Waals surface area contributed by atoms with E-state index in [-0.39, 0.29) is 18.4 Å². The van der Waals surface area contributed by atoms with Crippen molar-refractivity contribution in [3.05, 3.63) is 29.3 Å². The molecule has 0 saturated heterocycles. The average molecular weight is 342 g/mol. The molecule has 0 heterocycles. The number of carbonyl (C=O) groups is 3. The van der Waals surface area contributed by atoms with E-state index in [4.69, 9.17) is 11.6 Å². The van der Waals surface area contributed by atoms with Crippen LogP contribution in [0.2, 0.25) is 5.02 Å². The van der Waals surface area contributed by atoms with Gasteiger partial charge < -0.3 is 5.32 Å². The van der Waals surface area contributed by atoms with Gasteiger partial charge >= 0.3 is 11.8 Å². The van der Waals surface area contributed by atoms with Crippen LogP contribution in [-0.4, -0.2) is 29.5 Å². The Morgan fingerprint density at radius 3 is 2.41 bits per heavy atom. The number of hydrogen-bond donors (Lipinski definition) is 3. The Morgan fingerprint density at radius 2 is 1.77 bits per heavy atom. The molecule has 1 aromatic rings. The van der Waals surface area contributed by atoms with Crippen LogP contribution in [0.1, 0.15) is 19.3 Å². The predicted octanol–water partition coefficient (Wildman–Crippen LogP) is 1.25. The van der Waals surface area contributed by atoms with Crippen LogP contribution in [0.25, 0.3) is 0 Å². The predicted molar refractivity (Wildman–Crippen MR) is 84.2 cm³/mol. The Balaban J connectivity index is 1.59. The monoisotopic (exact) mass is 341 g/mol. The zero-order chi connectivity index (χ0) is 15.9. The highest BCUT2D eigenvalue weighted by atomic mass is 35.5. The van der Waals surface area contributed by atoms with Crippen molar-refractivity contribution in [2.45, 2.75) is 30.2 Å². The van der Waals surface area contributed by atoms with E-state index in [1.807, 2.05) is 12.1 Å². The van der Waals surface area contributed by atoms with Gasteiger partial charge in [0.25, 0.3) is 0 Å². The van der Waals surface area contributed by atoms with Crippen molar-refractivity contribution in [3.8, 4) is 0 Å². The smallest absolute Gasteiger partial charge is 0.327 e. The van der Waals surface area contributed by atoms with Crippen LogP contribution in [0.15, 0.2) is 29.2 Å². The average Bonchev–Trinajstić information content (AvgIpc) is 3.30. The van der Waals surface area contributed by atoms with Gasteiger partial charge in [-0.05, 0) is 37.1 Å². The van der Waals surface area contributed by atoms with Crippen LogP contribution in [0.3, 0.4) is 0 Å². The van der Waals surface area contributed by atoms with Gasteiger partial charge in [0.1, 0.15) is 0 Å². The molecule has 0 radical (unpaired) electrons. The molecule has 1 aliphatic carbocycles. The molecule has 0 atom stereocenters. The van der Waals surface area contributed by atoms with Gasteiger partial charge in [0.15, 0.2) is 0 Å². The molecule has 22 heavy (non-hydrogen) atoms. The number of carbonyl (C=O) groups excluding carboxylic acids is 3. The van der Waals surface area contributed by atoms with Crippen molar-refractivity contribution in [3.63, 3.8) is 0 Å². The van der Waals surface area contributed by atoms with E-state index in [2.05, 4.69) is 16.2 Å². The fourth-order valence-electron chi connectivity index (χ4n) is 1.52. The van der Waals surface area contributed by atoms with Crippen molar-refractivity contribution in [2.75, 3.05) is 5.75 Å². The zero-order valence-electron chi connectivity index (χ0n) is 11.7. The molecule has 1 aromatic carbocycles. The summed E-state index contributed by atoms with van der Waals surface area (Å²) in [5.41, 5.74) is 4.31. The number of hydrazine groups is 1. The highest BCUT2D eigenvalue weighted by Gasteiger charge is 2.26. The van der Waals surface area contributed by atoms with Gasteiger partial charge in [0.05, 0.1) is 0 Å². The number of rotatable bonds is 5. The first-order valence-electron chi connectivity index (χ1n) is 6.82. The third-order valence-electron chi connectivity index (χ3n) is 2.85. The molecule has 1 saturated carbocycles. The molecule has 0 aromatic heterocycles. The second kappa shape index (κ2) is 8.05. The van der Waals surface area contributed by atoms with Gasteiger partial charge in [-0.25, -0.2) is 0 Å². The summed E-state index contributed by atoms with van der Waals surface area (Å²) in [5, 5.41) is 3.19. The van der Waals surface area contributed by atoms with Crippen LogP contribution in [0.4, 0.5) is 0 Å². The van der Waals surface area contributed by atoms with Crippen LogP contribution >= 0.6 is 23.4 Å². The Hall–Kier alpha value is -1.73. The second-order valence-electron chi connectivity index (χ2n) is 4.80. The summed E-state index contributed by atoms with van der Waals surface area (Å²) < 4.78 is 0. The van der Waals surface area contributed by atoms with E-state index in [9.17, 15) is 14.4 Å². The Kier molecular flexibility index (Phi) is 6.09. The summed E-state index contributed by atoms with van der Waals surface area (Å²) in [6.45, 7) is 0. The van der Waals surface area contributed by atoms with E-state index in [1.165, 1.54) is 11.8 Å². The molecule has 2 rings (SSSR count). The van der Waals surface area contributed by atoms with Gasteiger partial charge in [-0.2, -0.15) is 0 Å². The summed E-state index contributed by atoms with van der Waals surface area (Å²) in [7, 11) is 0. The highest BCUT2D eigenvalue weighted by Crippen LogP contribution is 2.20. The Labute approximate surface area is 137 Å². The van der Waals surface area contributed by atoms with Crippen molar-refractivity contribution in [2.24, 2.45) is 0 Å². The molecule has 0 aliphatic heterocycles. The topological polar surface area (TPSA) is 87.3 Å². The third-order valence-corrected chi connectivity index (χ3v) is 4.11. The summed E-state index contributed by atoms with van der Waals surface area (Å²) in [5.74, 6) is -1.38. The fourth-order valence-corrected chi connectivity index (χ4v) is 2.49. The first-order valence-corrected chi connectivity index (χ1v) is 8.19. The SMILES string of the molecule is O=C(CCSc1ccc(Cl)cc1)NNC(=O)C(=O)NC1CC1. The lowest BCUT2D eigenvalue weighted by Crippen LogP contribution is -2.49. The number of halogens is 1. The minimum atomic E-state index is -0.856. The van der Waals surface area contributed by atoms with Crippen LogP contribution in [0, 0.1) is 0 Å². The van der Waals surface area contributed by atoms with Gasteiger partial charge in [0.2, 0.25) is 5.91 Å². The normalized spacial score (nSPS) is 13.3. The molecule has 3 amide bonds. The first-order chi connectivity index (χ1) is 10.5. The molecule has 0 unspecified atom stereocenters. The lowest BCUT2D eigenvalue weighted by Gasteiger charge is -2.07. The summed E-state index contributed by atoms with van der Waals surface area (Å²) >= 11 is 7.28. The maximum absolute atomic E-state index is 11.6. The van der Waals surface area contributed by atoms with Crippen molar-refractivity contribution >= 4 is 41.1 Å². The number of amides is 3. The molecule has 0 spiro atoms. The molecule has 0 bridgehead atoms. The molecule has 6 nitrogen and oxygen atoms in total. The van der Waals surface area contributed by atoms with Crippen molar-refractivity contribution in [1.29, 1.82) is 0 Å². The molecular formula is C14H16ClN3O3S.